The molecule has 1 amide bonds. The predicted molar refractivity (Wildman–Crippen MR) is 75.2 cm³/mol. The number of hydrazine groups is 1. The average Bonchev–Trinajstić information content (AvgIpc) is 2.82. The lowest BCUT2D eigenvalue weighted by atomic mass is 10.1. The second kappa shape index (κ2) is 5.87. The van der Waals surface area contributed by atoms with Crippen molar-refractivity contribution in [2.75, 3.05) is 5.43 Å². The number of carbonyl (C=O) groups excluding carboxylic acids is 1. The van der Waals surface area contributed by atoms with E-state index in [0.29, 0.717) is 5.92 Å². The van der Waals surface area contributed by atoms with Gasteiger partial charge < -0.3 is 10.7 Å². The second-order valence-corrected chi connectivity index (χ2v) is 5.19. The first-order valence-electron chi connectivity index (χ1n) is 6.57. The van der Waals surface area contributed by atoms with Crippen LogP contribution in [-0.4, -0.2) is 16.9 Å². The van der Waals surface area contributed by atoms with Crippen LogP contribution in [0.15, 0.2) is 18.2 Å². The van der Waals surface area contributed by atoms with E-state index < -0.39 is 10.8 Å². The van der Waals surface area contributed by atoms with Gasteiger partial charge in [0.15, 0.2) is 0 Å². The van der Waals surface area contributed by atoms with E-state index in [1.807, 2.05) is 0 Å². The molecule has 1 saturated carbocycles. The van der Waals surface area contributed by atoms with E-state index in [-0.39, 0.29) is 23.0 Å². The first-order chi connectivity index (χ1) is 9.52. The molecule has 1 aliphatic rings. The number of nitrogens with zero attached hydrogens (tertiary/aromatic N) is 1. The zero-order valence-corrected chi connectivity index (χ0v) is 11.3. The molecular formula is C13H18N4O3. The molecule has 2 rings (SSSR count). The van der Waals surface area contributed by atoms with Crippen LogP contribution >= 0.6 is 0 Å². The Balaban J connectivity index is 2.23. The van der Waals surface area contributed by atoms with E-state index in [4.69, 9.17) is 5.84 Å². The Morgan fingerprint density at radius 1 is 1.45 bits per heavy atom. The number of hydrogen-bond donors (Lipinski definition) is 3. The Morgan fingerprint density at radius 3 is 2.75 bits per heavy atom. The van der Waals surface area contributed by atoms with E-state index in [2.05, 4.69) is 17.7 Å². The van der Waals surface area contributed by atoms with Gasteiger partial charge in [-0.15, -0.1) is 0 Å². The van der Waals surface area contributed by atoms with Crippen molar-refractivity contribution in [2.45, 2.75) is 32.2 Å². The largest absolute Gasteiger partial charge is 0.349 e. The summed E-state index contributed by atoms with van der Waals surface area (Å²) in [5, 5.41) is 14.0. The maximum atomic E-state index is 12.2. The summed E-state index contributed by atoms with van der Waals surface area (Å²) in [5.74, 6) is 5.41. The van der Waals surface area contributed by atoms with E-state index in [1.54, 1.807) is 6.07 Å². The van der Waals surface area contributed by atoms with Gasteiger partial charge in [0.1, 0.15) is 11.3 Å². The number of amides is 1. The molecule has 0 bridgehead atoms. The van der Waals surface area contributed by atoms with E-state index in [0.717, 1.165) is 19.3 Å². The number of nitrogens with two attached hydrogens (primary N) is 1. The fourth-order valence-corrected chi connectivity index (χ4v) is 2.64. The number of para-hydroxylation sites is 1. The quantitative estimate of drug-likeness (QED) is 0.442. The standard InChI is InChI=1S/C13H18N4O3/c1-8-5-6-9(7-8)15-13(18)10-3-2-4-11(16-14)12(10)17(19)20/h2-4,8-9,16H,5-7,14H2,1H3,(H,15,18). The molecule has 0 saturated heterocycles. The summed E-state index contributed by atoms with van der Waals surface area (Å²) in [5.41, 5.74) is 2.12. The molecule has 0 spiro atoms. The molecule has 7 nitrogen and oxygen atoms in total. The van der Waals surface area contributed by atoms with Crippen molar-refractivity contribution < 1.29 is 9.72 Å². The van der Waals surface area contributed by atoms with Crippen molar-refractivity contribution in [2.24, 2.45) is 11.8 Å². The van der Waals surface area contributed by atoms with E-state index in [1.165, 1.54) is 12.1 Å². The molecule has 0 aromatic heterocycles. The number of nitro benzene ring substituents is 1. The molecule has 108 valence electrons. The number of benzene rings is 1. The number of nitrogen functional groups attached to an aromatic ring is 1. The zero-order chi connectivity index (χ0) is 14.7. The van der Waals surface area contributed by atoms with Crippen molar-refractivity contribution in [3.63, 3.8) is 0 Å². The normalized spacial score (nSPS) is 21.5. The van der Waals surface area contributed by atoms with Crippen LogP contribution in [0.4, 0.5) is 11.4 Å². The molecular weight excluding hydrogens is 260 g/mol. The minimum Gasteiger partial charge on any atom is -0.349 e. The van der Waals surface area contributed by atoms with Gasteiger partial charge in [0, 0.05) is 6.04 Å². The monoisotopic (exact) mass is 278 g/mol. The Morgan fingerprint density at radius 2 is 2.20 bits per heavy atom. The molecule has 1 aliphatic carbocycles. The van der Waals surface area contributed by atoms with Crippen LogP contribution in [0.25, 0.3) is 0 Å². The van der Waals surface area contributed by atoms with Crippen LogP contribution in [-0.2, 0) is 0 Å². The molecule has 7 heteroatoms. The van der Waals surface area contributed by atoms with Crippen LogP contribution in [0.2, 0.25) is 0 Å². The van der Waals surface area contributed by atoms with Gasteiger partial charge in [-0.2, -0.15) is 0 Å². The molecule has 2 atom stereocenters. The van der Waals surface area contributed by atoms with Crippen LogP contribution < -0.4 is 16.6 Å². The molecule has 0 heterocycles. The SMILES string of the molecule is CC1CCC(NC(=O)c2cccc(NN)c2[N+](=O)[O-])C1. The molecule has 1 aromatic carbocycles. The number of carbonyl (C=O) groups is 1. The summed E-state index contributed by atoms with van der Waals surface area (Å²) < 4.78 is 0. The highest BCUT2D eigenvalue weighted by Crippen LogP contribution is 2.29. The lowest BCUT2D eigenvalue weighted by Crippen LogP contribution is -2.33. The van der Waals surface area contributed by atoms with Gasteiger partial charge in [-0.25, -0.2) is 0 Å². The summed E-state index contributed by atoms with van der Waals surface area (Å²) in [6.45, 7) is 2.13. The smallest absolute Gasteiger partial charge is 0.306 e. The highest BCUT2D eigenvalue weighted by atomic mass is 16.6. The van der Waals surface area contributed by atoms with Crippen LogP contribution in [0.1, 0.15) is 36.5 Å². The van der Waals surface area contributed by atoms with Crippen LogP contribution in [0, 0.1) is 16.0 Å². The van der Waals surface area contributed by atoms with Crippen molar-refractivity contribution in [3.8, 4) is 0 Å². The van der Waals surface area contributed by atoms with Gasteiger partial charge in [-0.1, -0.05) is 13.0 Å². The topological polar surface area (TPSA) is 110 Å². The fourth-order valence-electron chi connectivity index (χ4n) is 2.64. The number of rotatable bonds is 4. The lowest BCUT2D eigenvalue weighted by molar-refractivity contribution is -0.384. The van der Waals surface area contributed by atoms with Crippen LogP contribution in [0.3, 0.4) is 0 Å². The molecule has 0 aliphatic heterocycles. The molecule has 20 heavy (non-hydrogen) atoms. The van der Waals surface area contributed by atoms with Gasteiger partial charge in [-0.3, -0.25) is 20.8 Å². The van der Waals surface area contributed by atoms with Crippen molar-refractivity contribution in [1.82, 2.24) is 5.32 Å². The molecule has 1 aromatic rings. The maximum absolute atomic E-state index is 12.2. The Bertz CT molecular complexity index is 532. The minimum atomic E-state index is -0.596. The minimum absolute atomic E-state index is 0.0324. The second-order valence-electron chi connectivity index (χ2n) is 5.19. The Kier molecular flexibility index (Phi) is 4.19. The van der Waals surface area contributed by atoms with Crippen molar-refractivity contribution >= 4 is 17.3 Å². The third-order valence-corrected chi connectivity index (χ3v) is 3.65. The van der Waals surface area contributed by atoms with Gasteiger partial charge >= 0.3 is 5.69 Å². The third kappa shape index (κ3) is 2.88. The first kappa shape index (κ1) is 14.3. The summed E-state index contributed by atoms with van der Waals surface area (Å²) in [6.07, 6.45) is 2.89. The fraction of sp³-hybridized carbons (Fsp3) is 0.462. The van der Waals surface area contributed by atoms with Crippen LogP contribution in [0.5, 0.6) is 0 Å². The highest BCUT2D eigenvalue weighted by molar-refractivity contribution is 6.00. The maximum Gasteiger partial charge on any atom is 0.306 e. The number of nitro groups is 1. The highest BCUT2D eigenvalue weighted by Gasteiger charge is 2.28. The summed E-state index contributed by atoms with van der Waals surface area (Å²) in [4.78, 5) is 22.7. The molecule has 1 fully saturated rings. The number of nitrogens with one attached hydrogen (secondary N) is 2. The van der Waals surface area contributed by atoms with E-state index in [9.17, 15) is 14.9 Å². The Labute approximate surface area is 116 Å². The zero-order valence-electron chi connectivity index (χ0n) is 11.3. The van der Waals surface area contributed by atoms with Gasteiger partial charge in [0.2, 0.25) is 0 Å². The third-order valence-electron chi connectivity index (χ3n) is 3.65. The van der Waals surface area contributed by atoms with Gasteiger partial charge in [0.05, 0.1) is 4.92 Å². The summed E-state index contributed by atoms with van der Waals surface area (Å²) in [7, 11) is 0. The van der Waals surface area contributed by atoms with Crippen molar-refractivity contribution in [3.05, 3.63) is 33.9 Å². The molecule has 4 N–H and O–H groups in total. The summed E-state index contributed by atoms with van der Waals surface area (Å²) >= 11 is 0. The van der Waals surface area contributed by atoms with Crippen molar-refractivity contribution in [1.29, 1.82) is 0 Å². The summed E-state index contributed by atoms with van der Waals surface area (Å²) in [6, 6.07) is 4.56. The van der Waals surface area contributed by atoms with E-state index >= 15 is 0 Å². The molecule has 0 radical (unpaired) electrons. The van der Waals surface area contributed by atoms with Gasteiger partial charge in [0.25, 0.3) is 5.91 Å². The predicted octanol–water partition coefficient (Wildman–Crippen LogP) is 1.80. The molecule has 2 unspecified atom stereocenters. The average molecular weight is 278 g/mol. The number of anilines is 1. The first-order valence-corrected chi connectivity index (χ1v) is 6.57. The van der Waals surface area contributed by atoms with Gasteiger partial charge in [-0.05, 0) is 37.3 Å². The number of hydrogen-bond acceptors (Lipinski definition) is 5. The lowest BCUT2D eigenvalue weighted by Gasteiger charge is -2.13. The Hall–Kier alpha value is -2.15.